The van der Waals surface area contributed by atoms with Gasteiger partial charge in [-0.25, -0.2) is 4.79 Å². The van der Waals surface area contributed by atoms with Crippen LogP contribution in [0, 0.1) is 5.92 Å². The molecule has 1 aromatic rings. The van der Waals surface area contributed by atoms with Gasteiger partial charge in [-0.2, -0.15) is 0 Å². The molecule has 0 heterocycles. The average molecular weight is 278 g/mol. The van der Waals surface area contributed by atoms with Crippen molar-refractivity contribution < 1.29 is 14.3 Å². The van der Waals surface area contributed by atoms with Crippen LogP contribution in [0.1, 0.15) is 27.7 Å². The van der Waals surface area contributed by atoms with E-state index < -0.39 is 12.1 Å². The highest BCUT2D eigenvalue weighted by atomic mass is 16.6. The number of rotatable bonds is 5. The van der Waals surface area contributed by atoms with E-state index in [2.05, 4.69) is 10.6 Å². The quantitative estimate of drug-likeness (QED) is 0.870. The number of benzene rings is 1. The molecule has 0 spiro atoms. The number of anilines is 1. The lowest BCUT2D eigenvalue weighted by Crippen LogP contribution is -2.47. The molecule has 0 aliphatic carbocycles. The van der Waals surface area contributed by atoms with Gasteiger partial charge in [0, 0.05) is 5.69 Å². The van der Waals surface area contributed by atoms with Crippen LogP contribution in [-0.2, 0) is 9.53 Å². The van der Waals surface area contributed by atoms with Gasteiger partial charge in [-0.15, -0.1) is 0 Å². The molecule has 0 aliphatic heterocycles. The van der Waals surface area contributed by atoms with Gasteiger partial charge in [0.1, 0.15) is 6.04 Å². The summed E-state index contributed by atoms with van der Waals surface area (Å²) in [7, 11) is 0. The highest BCUT2D eigenvalue weighted by molar-refractivity contribution is 5.96. The summed E-state index contributed by atoms with van der Waals surface area (Å²) >= 11 is 0. The topological polar surface area (TPSA) is 67.4 Å². The number of nitrogens with one attached hydrogen (secondary N) is 2. The Hall–Kier alpha value is -2.04. The Balaban J connectivity index is 2.66. The molecule has 20 heavy (non-hydrogen) atoms. The molecule has 0 saturated carbocycles. The van der Waals surface area contributed by atoms with E-state index in [1.807, 2.05) is 32.0 Å². The summed E-state index contributed by atoms with van der Waals surface area (Å²) in [6, 6.07) is 8.49. The molecule has 1 aromatic carbocycles. The minimum Gasteiger partial charge on any atom is -0.447 e. The minimum atomic E-state index is -0.638. The Morgan fingerprint density at radius 3 is 2.15 bits per heavy atom. The van der Waals surface area contributed by atoms with Crippen molar-refractivity contribution in [2.24, 2.45) is 5.92 Å². The van der Waals surface area contributed by atoms with Gasteiger partial charge in [0.25, 0.3) is 0 Å². The van der Waals surface area contributed by atoms with Crippen LogP contribution < -0.4 is 10.6 Å². The van der Waals surface area contributed by atoms with Crippen molar-refractivity contribution in [1.82, 2.24) is 5.32 Å². The maximum absolute atomic E-state index is 12.2. The first-order chi connectivity index (χ1) is 9.40. The van der Waals surface area contributed by atoms with E-state index in [9.17, 15) is 9.59 Å². The van der Waals surface area contributed by atoms with E-state index in [0.29, 0.717) is 5.69 Å². The zero-order valence-electron chi connectivity index (χ0n) is 12.3. The summed E-state index contributed by atoms with van der Waals surface area (Å²) in [6.07, 6.45) is -0.804. The predicted octanol–water partition coefficient (Wildman–Crippen LogP) is 2.78. The van der Waals surface area contributed by atoms with Crippen molar-refractivity contribution in [2.75, 3.05) is 5.32 Å². The predicted molar refractivity (Wildman–Crippen MR) is 78.5 cm³/mol. The Morgan fingerprint density at radius 2 is 1.65 bits per heavy atom. The van der Waals surface area contributed by atoms with E-state index in [1.165, 1.54) is 0 Å². The summed E-state index contributed by atoms with van der Waals surface area (Å²) in [5.74, 6) is -0.301. The molecule has 0 aliphatic rings. The molecule has 0 radical (unpaired) electrons. The molecule has 5 nitrogen and oxygen atoms in total. The van der Waals surface area contributed by atoms with E-state index in [0.717, 1.165) is 0 Å². The molecule has 5 heteroatoms. The van der Waals surface area contributed by atoms with Crippen molar-refractivity contribution in [3.63, 3.8) is 0 Å². The van der Waals surface area contributed by atoms with Crippen LogP contribution in [0.15, 0.2) is 30.3 Å². The molecule has 1 rings (SSSR count). The maximum Gasteiger partial charge on any atom is 0.408 e. The fourth-order valence-corrected chi connectivity index (χ4v) is 1.65. The van der Waals surface area contributed by atoms with Gasteiger partial charge in [-0.3, -0.25) is 4.79 Å². The highest BCUT2D eigenvalue weighted by Crippen LogP contribution is 2.09. The van der Waals surface area contributed by atoms with Crippen molar-refractivity contribution in [3.8, 4) is 0 Å². The standard InChI is InChI=1S/C15H22N2O3/c1-10(2)13(17-15(19)20-11(3)4)14(18)16-12-8-6-5-7-9-12/h5-11,13H,1-4H3,(H,16,18)(H,17,19)/t13-/m0/s1. The molecule has 2 amide bonds. The molecule has 0 bridgehead atoms. The summed E-state index contributed by atoms with van der Waals surface area (Å²) < 4.78 is 5.00. The van der Waals surface area contributed by atoms with Crippen LogP contribution in [0.5, 0.6) is 0 Å². The first kappa shape index (κ1) is 16.0. The zero-order valence-corrected chi connectivity index (χ0v) is 12.3. The minimum absolute atomic E-state index is 0.0431. The lowest BCUT2D eigenvalue weighted by atomic mass is 10.0. The molecule has 0 fully saturated rings. The summed E-state index contributed by atoms with van der Waals surface area (Å²) in [4.78, 5) is 23.8. The van der Waals surface area contributed by atoms with Crippen LogP contribution in [-0.4, -0.2) is 24.1 Å². The van der Waals surface area contributed by atoms with Crippen molar-refractivity contribution >= 4 is 17.7 Å². The third kappa shape index (κ3) is 5.30. The number of carbonyl (C=O) groups excluding carboxylic acids is 2. The van der Waals surface area contributed by atoms with Gasteiger partial charge < -0.3 is 15.4 Å². The van der Waals surface area contributed by atoms with Gasteiger partial charge in [0.2, 0.25) is 5.91 Å². The van der Waals surface area contributed by atoms with Crippen LogP contribution in [0.2, 0.25) is 0 Å². The van der Waals surface area contributed by atoms with Crippen molar-refractivity contribution in [1.29, 1.82) is 0 Å². The largest absolute Gasteiger partial charge is 0.447 e. The SMILES string of the molecule is CC(C)OC(=O)N[C@H](C(=O)Nc1ccccc1)C(C)C. The Bertz CT molecular complexity index is 444. The number of carbonyl (C=O) groups is 2. The fourth-order valence-electron chi connectivity index (χ4n) is 1.65. The molecule has 110 valence electrons. The monoisotopic (exact) mass is 278 g/mol. The third-order valence-corrected chi connectivity index (χ3v) is 2.61. The van der Waals surface area contributed by atoms with Crippen LogP contribution >= 0.6 is 0 Å². The molecular weight excluding hydrogens is 256 g/mol. The summed E-state index contributed by atoms with van der Waals surface area (Å²) in [5.41, 5.74) is 0.696. The molecular formula is C15H22N2O3. The van der Waals surface area contributed by atoms with Gasteiger partial charge in [0.15, 0.2) is 0 Å². The van der Waals surface area contributed by atoms with Gasteiger partial charge >= 0.3 is 6.09 Å². The molecule has 2 N–H and O–H groups in total. The Labute approximate surface area is 119 Å². The maximum atomic E-state index is 12.2. The van der Waals surface area contributed by atoms with Crippen LogP contribution in [0.3, 0.4) is 0 Å². The van der Waals surface area contributed by atoms with Gasteiger partial charge in [-0.05, 0) is 31.9 Å². The number of alkyl carbamates (subject to hydrolysis) is 1. The number of hydrogen-bond donors (Lipinski definition) is 2. The second kappa shape index (κ2) is 7.53. The lowest BCUT2D eigenvalue weighted by molar-refractivity contribution is -0.119. The van der Waals surface area contributed by atoms with E-state index in [4.69, 9.17) is 4.74 Å². The molecule has 0 aromatic heterocycles. The second-order valence-electron chi connectivity index (χ2n) is 5.18. The lowest BCUT2D eigenvalue weighted by Gasteiger charge is -2.22. The van der Waals surface area contributed by atoms with E-state index in [-0.39, 0.29) is 17.9 Å². The molecule has 1 atom stereocenters. The molecule has 0 unspecified atom stereocenters. The third-order valence-electron chi connectivity index (χ3n) is 2.61. The number of ether oxygens (including phenoxy) is 1. The Kier molecular flexibility index (Phi) is 6.03. The van der Waals surface area contributed by atoms with E-state index in [1.54, 1.807) is 26.0 Å². The average Bonchev–Trinajstić information content (AvgIpc) is 2.35. The van der Waals surface area contributed by atoms with Crippen LogP contribution in [0.25, 0.3) is 0 Å². The normalized spacial score (nSPS) is 12.1. The smallest absolute Gasteiger partial charge is 0.408 e. The fraction of sp³-hybridized carbons (Fsp3) is 0.467. The zero-order chi connectivity index (χ0) is 15.1. The number of hydrogen-bond acceptors (Lipinski definition) is 3. The first-order valence-electron chi connectivity index (χ1n) is 6.73. The number of amides is 2. The van der Waals surface area contributed by atoms with Crippen molar-refractivity contribution in [2.45, 2.75) is 39.8 Å². The van der Waals surface area contributed by atoms with Gasteiger partial charge in [0.05, 0.1) is 6.10 Å². The van der Waals surface area contributed by atoms with Crippen LogP contribution in [0.4, 0.5) is 10.5 Å². The van der Waals surface area contributed by atoms with Crippen molar-refractivity contribution in [3.05, 3.63) is 30.3 Å². The number of para-hydroxylation sites is 1. The Morgan fingerprint density at radius 1 is 1.05 bits per heavy atom. The summed E-state index contributed by atoms with van der Waals surface area (Å²) in [6.45, 7) is 7.25. The molecule has 0 saturated heterocycles. The van der Waals surface area contributed by atoms with E-state index >= 15 is 0 Å². The highest BCUT2D eigenvalue weighted by Gasteiger charge is 2.25. The first-order valence-corrected chi connectivity index (χ1v) is 6.73. The van der Waals surface area contributed by atoms with Gasteiger partial charge in [-0.1, -0.05) is 32.0 Å². The second-order valence-corrected chi connectivity index (χ2v) is 5.18. The summed E-state index contributed by atoms with van der Waals surface area (Å²) in [5, 5.41) is 5.37.